The highest BCUT2D eigenvalue weighted by atomic mass is 16.6. The summed E-state index contributed by atoms with van der Waals surface area (Å²) in [7, 11) is 0. The van der Waals surface area contributed by atoms with Crippen molar-refractivity contribution in [3.63, 3.8) is 0 Å². The van der Waals surface area contributed by atoms with Crippen LogP contribution in [0.4, 0.5) is 17.1 Å². The van der Waals surface area contributed by atoms with E-state index < -0.39 is 4.92 Å². The standard InChI is InChI=1S/C29H27N3O4/c33-28-24-13-7-8-14-25(24)29(34)31(28)22-15-16-26(27(19-22)32(35)36)30-18-17-23(20-9-3-1-4-10-20)21-11-5-2-6-12-21/h1-12,15-16,19,23-25,30H,13-14,17-18H2. The number of imide groups is 1. The van der Waals surface area contributed by atoms with Crippen LogP contribution in [0.5, 0.6) is 0 Å². The first-order valence-corrected chi connectivity index (χ1v) is 12.2. The molecule has 1 fully saturated rings. The zero-order valence-corrected chi connectivity index (χ0v) is 19.7. The molecular weight excluding hydrogens is 454 g/mol. The molecule has 1 aliphatic heterocycles. The molecule has 0 saturated carbocycles. The molecule has 2 aliphatic rings. The van der Waals surface area contributed by atoms with E-state index in [9.17, 15) is 19.7 Å². The summed E-state index contributed by atoms with van der Waals surface area (Å²) in [5.41, 5.74) is 2.82. The molecule has 1 saturated heterocycles. The van der Waals surface area contributed by atoms with Crippen molar-refractivity contribution in [2.45, 2.75) is 25.2 Å². The number of carbonyl (C=O) groups excluding carboxylic acids is 2. The normalized spacial score (nSPS) is 19.0. The second-order valence-corrected chi connectivity index (χ2v) is 9.22. The van der Waals surface area contributed by atoms with Crippen LogP contribution in [0.3, 0.4) is 0 Å². The molecular formula is C29H27N3O4. The van der Waals surface area contributed by atoms with Crippen molar-refractivity contribution >= 4 is 28.9 Å². The average Bonchev–Trinajstić information content (AvgIpc) is 3.17. The predicted molar refractivity (Wildman–Crippen MR) is 139 cm³/mol. The van der Waals surface area contributed by atoms with Gasteiger partial charge in [0.25, 0.3) is 5.69 Å². The monoisotopic (exact) mass is 481 g/mol. The molecule has 1 aliphatic carbocycles. The average molecular weight is 482 g/mol. The fourth-order valence-electron chi connectivity index (χ4n) is 5.26. The largest absolute Gasteiger partial charge is 0.379 e. The van der Waals surface area contributed by atoms with Gasteiger partial charge in [0.15, 0.2) is 0 Å². The van der Waals surface area contributed by atoms with Gasteiger partial charge in [-0.25, -0.2) is 4.90 Å². The molecule has 7 nitrogen and oxygen atoms in total. The Morgan fingerprint density at radius 1 is 0.861 bits per heavy atom. The van der Waals surface area contributed by atoms with Crippen LogP contribution in [0.2, 0.25) is 0 Å². The Morgan fingerprint density at radius 3 is 1.94 bits per heavy atom. The Morgan fingerprint density at radius 2 is 1.42 bits per heavy atom. The van der Waals surface area contributed by atoms with Gasteiger partial charge in [0.2, 0.25) is 11.8 Å². The van der Waals surface area contributed by atoms with Gasteiger partial charge in [-0.15, -0.1) is 0 Å². The molecule has 5 rings (SSSR count). The Balaban J connectivity index is 1.35. The summed E-state index contributed by atoms with van der Waals surface area (Å²) in [4.78, 5) is 38.4. The van der Waals surface area contributed by atoms with Crippen LogP contribution in [0.15, 0.2) is 91.0 Å². The molecule has 2 amide bonds. The number of hydrogen-bond acceptors (Lipinski definition) is 5. The van der Waals surface area contributed by atoms with E-state index in [1.807, 2.05) is 48.6 Å². The second-order valence-electron chi connectivity index (χ2n) is 9.22. The van der Waals surface area contributed by atoms with Crippen molar-refractivity contribution in [1.82, 2.24) is 0 Å². The van der Waals surface area contributed by atoms with E-state index in [4.69, 9.17) is 0 Å². The minimum absolute atomic E-state index is 0.134. The smallest absolute Gasteiger partial charge is 0.294 e. The van der Waals surface area contributed by atoms with Gasteiger partial charge < -0.3 is 5.32 Å². The van der Waals surface area contributed by atoms with Crippen LogP contribution in [-0.4, -0.2) is 23.3 Å². The van der Waals surface area contributed by atoms with E-state index in [1.165, 1.54) is 17.2 Å². The molecule has 1 N–H and O–H groups in total. The first-order valence-electron chi connectivity index (χ1n) is 12.2. The summed E-state index contributed by atoms with van der Waals surface area (Å²) in [6, 6.07) is 24.9. The number of nitrogens with zero attached hydrogens (tertiary/aromatic N) is 2. The van der Waals surface area contributed by atoms with Gasteiger partial charge in [0.1, 0.15) is 5.69 Å². The third kappa shape index (κ3) is 4.52. The third-order valence-corrected chi connectivity index (χ3v) is 7.10. The minimum Gasteiger partial charge on any atom is -0.379 e. The lowest BCUT2D eigenvalue weighted by Crippen LogP contribution is -2.30. The maximum atomic E-state index is 12.9. The van der Waals surface area contributed by atoms with Crippen molar-refractivity contribution in [2.75, 3.05) is 16.8 Å². The lowest BCUT2D eigenvalue weighted by molar-refractivity contribution is -0.383. The van der Waals surface area contributed by atoms with E-state index in [0.717, 1.165) is 11.3 Å². The highest BCUT2D eigenvalue weighted by Gasteiger charge is 2.48. The number of carbonyl (C=O) groups is 2. The van der Waals surface area contributed by atoms with Gasteiger partial charge >= 0.3 is 0 Å². The summed E-state index contributed by atoms with van der Waals surface area (Å²) in [5.74, 6) is -1.19. The number of hydrogen-bond donors (Lipinski definition) is 1. The Bertz CT molecular complexity index is 1240. The van der Waals surface area contributed by atoms with Crippen molar-refractivity contribution in [3.05, 3.63) is 112 Å². The number of allylic oxidation sites excluding steroid dienone is 2. The molecule has 36 heavy (non-hydrogen) atoms. The van der Waals surface area contributed by atoms with Crippen molar-refractivity contribution < 1.29 is 14.5 Å². The van der Waals surface area contributed by atoms with Crippen LogP contribution in [0.25, 0.3) is 0 Å². The lowest BCUT2D eigenvalue weighted by atomic mass is 9.85. The van der Waals surface area contributed by atoms with Gasteiger partial charge in [0.05, 0.1) is 22.4 Å². The number of anilines is 2. The summed E-state index contributed by atoms with van der Waals surface area (Å²) in [6.45, 7) is 0.506. The number of nitro benzene ring substituents is 1. The lowest BCUT2D eigenvalue weighted by Gasteiger charge is -2.19. The summed E-state index contributed by atoms with van der Waals surface area (Å²) in [6.07, 6.45) is 5.62. The molecule has 1 heterocycles. The molecule has 182 valence electrons. The number of benzene rings is 3. The SMILES string of the molecule is O=C1C2CC=CCC2C(=O)N1c1ccc(NCCC(c2ccccc2)c2ccccc2)c([N+](=O)[O-])c1. The van der Waals surface area contributed by atoms with E-state index in [0.29, 0.717) is 25.1 Å². The molecule has 0 radical (unpaired) electrons. The molecule has 2 atom stereocenters. The van der Waals surface area contributed by atoms with E-state index in [1.54, 1.807) is 12.1 Å². The van der Waals surface area contributed by atoms with E-state index >= 15 is 0 Å². The van der Waals surface area contributed by atoms with E-state index in [-0.39, 0.29) is 40.9 Å². The third-order valence-electron chi connectivity index (χ3n) is 7.10. The number of amides is 2. The zero-order valence-electron chi connectivity index (χ0n) is 19.7. The first-order chi connectivity index (χ1) is 17.5. The van der Waals surface area contributed by atoms with Gasteiger partial charge in [-0.05, 0) is 42.5 Å². The Labute approximate surface area is 209 Å². The van der Waals surface area contributed by atoms with Crippen LogP contribution in [0.1, 0.15) is 36.3 Å². The quantitative estimate of drug-likeness (QED) is 0.193. The summed E-state index contributed by atoms with van der Waals surface area (Å²) >= 11 is 0. The number of fused-ring (bicyclic) bond motifs is 1. The molecule has 7 heteroatoms. The first kappa shape index (κ1) is 23.5. The molecule has 2 unspecified atom stereocenters. The Kier molecular flexibility index (Phi) is 6.62. The molecule has 0 aromatic heterocycles. The fourth-order valence-corrected chi connectivity index (χ4v) is 5.26. The van der Waals surface area contributed by atoms with Crippen LogP contribution >= 0.6 is 0 Å². The molecule has 3 aromatic rings. The van der Waals surface area contributed by atoms with Crippen molar-refractivity contribution in [1.29, 1.82) is 0 Å². The topological polar surface area (TPSA) is 92.6 Å². The Hall–Kier alpha value is -4.26. The number of nitro groups is 1. The summed E-state index contributed by atoms with van der Waals surface area (Å²) in [5, 5.41) is 15.1. The van der Waals surface area contributed by atoms with Crippen molar-refractivity contribution in [3.8, 4) is 0 Å². The fraction of sp³-hybridized carbons (Fsp3) is 0.241. The molecule has 0 bridgehead atoms. The van der Waals surface area contributed by atoms with Crippen molar-refractivity contribution in [2.24, 2.45) is 11.8 Å². The minimum atomic E-state index is -0.475. The number of nitrogens with one attached hydrogen (secondary N) is 1. The zero-order chi connectivity index (χ0) is 25.1. The van der Waals surface area contributed by atoms with E-state index in [2.05, 4.69) is 29.6 Å². The maximum Gasteiger partial charge on any atom is 0.294 e. The maximum absolute atomic E-state index is 12.9. The van der Waals surface area contributed by atoms with Crippen LogP contribution in [-0.2, 0) is 9.59 Å². The number of rotatable bonds is 8. The summed E-state index contributed by atoms with van der Waals surface area (Å²) < 4.78 is 0. The molecule has 3 aromatic carbocycles. The van der Waals surface area contributed by atoms with Gasteiger partial charge in [-0.2, -0.15) is 0 Å². The highest BCUT2D eigenvalue weighted by Crippen LogP contribution is 2.40. The highest BCUT2D eigenvalue weighted by molar-refractivity contribution is 6.22. The van der Waals surface area contributed by atoms with Gasteiger partial charge in [0, 0.05) is 18.5 Å². The van der Waals surface area contributed by atoms with Gasteiger partial charge in [-0.1, -0.05) is 72.8 Å². The molecule has 0 spiro atoms. The second kappa shape index (κ2) is 10.2. The van der Waals surface area contributed by atoms with Gasteiger partial charge in [-0.3, -0.25) is 19.7 Å². The van der Waals surface area contributed by atoms with Crippen LogP contribution < -0.4 is 10.2 Å². The van der Waals surface area contributed by atoms with Crippen LogP contribution in [0, 0.1) is 22.0 Å². The predicted octanol–water partition coefficient (Wildman–Crippen LogP) is 5.68.